The molecule has 4 rings (SSSR count). The van der Waals surface area contributed by atoms with Gasteiger partial charge in [0.05, 0.1) is 29.7 Å². The smallest absolute Gasteiger partial charge is 0.170 e. The summed E-state index contributed by atoms with van der Waals surface area (Å²) in [5.74, 6) is 0. The van der Waals surface area contributed by atoms with Crippen molar-refractivity contribution in [2.45, 2.75) is 32.4 Å². The minimum absolute atomic E-state index is 0.0101. The van der Waals surface area contributed by atoms with Crippen molar-refractivity contribution in [2.75, 3.05) is 20.3 Å². The van der Waals surface area contributed by atoms with E-state index in [0.717, 1.165) is 29.5 Å². The van der Waals surface area contributed by atoms with Gasteiger partial charge in [-0.15, -0.1) is 0 Å². The summed E-state index contributed by atoms with van der Waals surface area (Å²) < 4.78 is 7.54. The molecule has 1 aliphatic rings. The number of hydrogen-bond donors (Lipinski definition) is 1. The summed E-state index contributed by atoms with van der Waals surface area (Å²) in [4.78, 5) is 11.2. The molecule has 0 amide bonds. The molecule has 0 aliphatic carbocycles. The number of ether oxygens (including phenoxy) is 1. The maximum Gasteiger partial charge on any atom is 0.170 e. The van der Waals surface area contributed by atoms with E-state index < -0.39 is 0 Å². The second-order valence-electron chi connectivity index (χ2n) is 7.54. The molecule has 1 fully saturated rings. The molecule has 0 spiro atoms. The first-order chi connectivity index (χ1) is 14.6. The molecule has 2 unspecified atom stereocenters. The van der Waals surface area contributed by atoms with E-state index in [1.165, 1.54) is 17.0 Å². The second-order valence-corrected chi connectivity index (χ2v) is 7.93. The summed E-state index contributed by atoms with van der Waals surface area (Å²) >= 11 is 5.75. The Hall–Kier alpha value is -2.77. The fourth-order valence-electron chi connectivity index (χ4n) is 4.33. The van der Waals surface area contributed by atoms with Crippen LogP contribution in [0.5, 0.6) is 0 Å². The fourth-order valence-corrected chi connectivity index (χ4v) is 4.67. The van der Waals surface area contributed by atoms with E-state index in [4.69, 9.17) is 17.0 Å². The molecule has 0 radical (unpaired) electrons. The lowest BCUT2D eigenvalue weighted by Crippen LogP contribution is -2.31. The topological polar surface area (TPSA) is 55.2 Å². The average molecular weight is 422 g/mol. The Kier molecular flexibility index (Phi) is 6.11. The van der Waals surface area contributed by atoms with Gasteiger partial charge in [0.25, 0.3) is 0 Å². The minimum Gasteiger partial charge on any atom is -0.385 e. The number of aromatic nitrogens is 3. The summed E-state index contributed by atoms with van der Waals surface area (Å²) in [5, 5.41) is 4.29. The maximum atomic E-state index is 5.75. The number of methoxy groups -OCH3 is 1. The van der Waals surface area contributed by atoms with Gasteiger partial charge in [0.2, 0.25) is 0 Å². The molecular weight excluding hydrogens is 394 g/mol. The molecule has 3 aromatic rings. The van der Waals surface area contributed by atoms with Gasteiger partial charge in [0.15, 0.2) is 5.11 Å². The van der Waals surface area contributed by atoms with Crippen LogP contribution in [-0.2, 0) is 4.74 Å². The highest BCUT2D eigenvalue weighted by Crippen LogP contribution is 2.41. The Bertz CT molecular complexity index is 1010. The third-order valence-electron chi connectivity index (χ3n) is 5.64. The van der Waals surface area contributed by atoms with Crippen LogP contribution in [0.1, 0.15) is 41.1 Å². The van der Waals surface area contributed by atoms with Gasteiger partial charge < -0.3 is 19.5 Å². The predicted octanol–water partition coefficient (Wildman–Crippen LogP) is 3.89. The Morgan fingerprint density at radius 2 is 2.03 bits per heavy atom. The molecule has 4 heterocycles. The highest BCUT2D eigenvalue weighted by atomic mass is 32.1. The van der Waals surface area contributed by atoms with Crippen molar-refractivity contribution in [3.63, 3.8) is 0 Å². The summed E-state index contributed by atoms with van der Waals surface area (Å²) in [6.45, 7) is 5.83. The molecule has 1 aliphatic heterocycles. The first kappa shape index (κ1) is 20.5. The molecule has 3 aromatic heterocycles. The van der Waals surface area contributed by atoms with Crippen molar-refractivity contribution < 1.29 is 4.74 Å². The van der Waals surface area contributed by atoms with Crippen LogP contribution in [0.15, 0.2) is 55.0 Å². The number of nitrogens with one attached hydrogen (secondary N) is 1. The summed E-state index contributed by atoms with van der Waals surface area (Å²) in [7, 11) is 1.73. The first-order valence-electron chi connectivity index (χ1n) is 10.2. The molecule has 1 saturated heterocycles. The van der Waals surface area contributed by atoms with Crippen LogP contribution >= 0.6 is 12.2 Å². The molecule has 1 N–H and O–H groups in total. The van der Waals surface area contributed by atoms with Crippen molar-refractivity contribution in [2.24, 2.45) is 0 Å². The largest absolute Gasteiger partial charge is 0.385 e. The zero-order valence-electron chi connectivity index (χ0n) is 17.6. The van der Waals surface area contributed by atoms with Gasteiger partial charge in [0.1, 0.15) is 0 Å². The van der Waals surface area contributed by atoms with Gasteiger partial charge in [-0.3, -0.25) is 9.97 Å². The van der Waals surface area contributed by atoms with Gasteiger partial charge in [-0.25, -0.2) is 0 Å². The lowest BCUT2D eigenvalue weighted by Gasteiger charge is -2.28. The van der Waals surface area contributed by atoms with E-state index in [1.807, 2.05) is 30.6 Å². The highest BCUT2D eigenvalue weighted by Gasteiger charge is 2.41. The summed E-state index contributed by atoms with van der Waals surface area (Å²) in [6.07, 6.45) is 6.44. The van der Waals surface area contributed by atoms with E-state index in [1.54, 1.807) is 13.3 Å². The fraction of sp³-hybridized carbons (Fsp3) is 0.348. The second kappa shape index (κ2) is 8.93. The number of rotatable bonds is 7. The quantitative estimate of drug-likeness (QED) is 0.461. The number of nitrogens with zero attached hydrogens (tertiary/aromatic N) is 4. The number of pyridine rings is 2. The van der Waals surface area contributed by atoms with Crippen molar-refractivity contribution in [1.29, 1.82) is 0 Å². The van der Waals surface area contributed by atoms with E-state index >= 15 is 0 Å². The van der Waals surface area contributed by atoms with Crippen LogP contribution in [0.3, 0.4) is 0 Å². The average Bonchev–Trinajstić information content (AvgIpc) is 3.25. The molecule has 0 saturated carbocycles. The van der Waals surface area contributed by atoms with Crippen LogP contribution in [0, 0.1) is 13.8 Å². The van der Waals surface area contributed by atoms with Crippen molar-refractivity contribution in [3.8, 4) is 5.69 Å². The maximum absolute atomic E-state index is 5.75. The number of aryl methyl sites for hydroxylation is 1. The van der Waals surface area contributed by atoms with Gasteiger partial charge >= 0.3 is 0 Å². The van der Waals surface area contributed by atoms with Crippen LogP contribution < -0.4 is 5.32 Å². The number of thiocarbonyl (C=S) groups is 1. The first-order valence-corrected chi connectivity index (χ1v) is 10.6. The molecule has 156 valence electrons. The highest BCUT2D eigenvalue weighted by molar-refractivity contribution is 7.80. The predicted molar refractivity (Wildman–Crippen MR) is 122 cm³/mol. The normalized spacial score (nSPS) is 18.6. The SMILES string of the molecule is COCCCN1C(=S)NC(c2ccccn2)C1c1cc(C)n(-c2cccnc2)c1C. The van der Waals surface area contributed by atoms with E-state index in [9.17, 15) is 0 Å². The zero-order chi connectivity index (χ0) is 21.1. The Morgan fingerprint density at radius 3 is 2.73 bits per heavy atom. The summed E-state index contributed by atoms with van der Waals surface area (Å²) in [6, 6.07) is 12.4. The lowest BCUT2D eigenvalue weighted by molar-refractivity contribution is 0.180. The van der Waals surface area contributed by atoms with E-state index in [2.05, 4.69) is 56.8 Å². The van der Waals surface area contributed by atoms with Gasteiger partial charge in [-0.1, -0.05) is 6.07 Å². The van der Waals surface area contributed by atoms with Crippen LogP contribution in [0.2, 0.25) is 0 Å². The lowest BCUT2D eigenvalue weighted by atomic mass is 9.96. The Labute approximate surface area is 182 Å². The molecular formula is C23H27N5OS. The number of hydrogen-bond acceptors (Lipinski definition) is 4. The molecule has 6 nitrogen and oxygen atoms in total. The van der Waals surface area contributed by atoms with Crippen molar-refractivity contribution in [1.82, 2.24) is 24.8 Å². The monoisotopic (exact) mass is 421 g/mol. The zero-order valence-corrected chi connectivity index (χ0v) is 18.4. The molecule has 0 aromatic carbocycles. The summed E-state index contributed by atoms with van der Waals surface area (Å²) in [5.41, 5.74) is 5.66. The molecule has 2 atom stereocenters. The van der Waals surface area contributed by atoms with E-state index in [-0.39, 0.29) is 12.1 Å². The van der Waals surface area contributed by atoms with Crippen LogP contribution in [0.25, 0.3) is 5.69 Å². The standard InChI is InChI=1S/C23H27N5OS/c1-16-14-19(17(2)28(16)18-8-6-10-24-15-18)22-21(20-9-4-5-11-25-20)26-23(30)27(22)12-7-13-29-3/h4-6,8-11,14-15,21-22H,7,12-13H2,1-3H3,(H,26,30). The molecule has 0 bridgehead atoms. The van der Waals surface area contributed by atoms with Crippen molar-refractivity contribution >= 4 is 17.3 Å². The van der Waals surface area contributed by atoms with Crippen LogP contribution in [0.4, 0.5) is 0 Å². The van der Waals surface area contributed by atoms with E-state index in [0.29, 0.717) is 6.61 Å². The third-order valence-corrected chi connectivity index (χ3v) is 5.99. The Morgan fingerprint density at radius 1 is 1.17 bits per heavy atom. The van der Waals surface area contributed by atoms with Gasteiger partial charge in [-0.05, 0) is 68.4 Å². The Balaban J connectivity index is 1.78. The molecule has 7 heteroatoms. The third kappa shape index (κ3) is 3.82. The van der Waals surface area contributed by atoms with Gasteiger partial charge in [0, 0.05) is 44.0 Å². The van der Waals surface area contributed by atoms with Gasteiger partial charge in [-0.2, -0.15) is 0 Å². The minimum atomic E-state index is -0.0101. The van der Waals surface area contributed by atoms with Crippen molar-refractivity contribution in [3.05, 3.63) is 77.6 Å². The van der Waals surface area contributed by atoms with Crippen LogP contribution in [-0.4, -0.2) is 44.8 Å². The molecule has 30 heavy (non-hydrogen) atoms.